The van der Waals surface area contributed by atoms with Crippen LogP contribution in [-0.4, -0.2) is 26.5 Å². The minimum Gasteiger partial charge on any atom is -0.324 e. The predicted octanol–water partition coefficient (Wildman–Crippen LogP) is 5.65. The number of halogens is 1. The molecule has 2 aromatic heterocycles. The molecule has 0 saturated heterocycles. The van der Waals surface area contributed by atoms with Crippen LogP contribution in [0.15, 0.2) is 22.7 Å². The van der Waals surface area contributed by atoms with Crippen LogP contribution in [0.1, 0.15) is 56.0 Å². The highest BCUT2D eigenvalue weighted by Gasteiger charge is 2.26. The fraction of sp³-hybridized carbons (Fsp3) is 0.476. The number of rotatable bonds is 4. The van der Waals surface area contributed by atoms with E-state index in [9.17, 15) is 0 Å². The van der Waals surface area contributed by atoms with Gasteiger partial charge in [-0.05, 0) is 68.9 Å². The molecule has 0 amide bonds. The first-order valence-corrected chi connectivity index (χ1v) is 10.6. The van der Waals surface area contributed by atoms with Gasteiger partial charge in [-0.15, -0.1) is 5.10 Å². The number of pyridine rings is 1. The molecule has 0 fully saturated rings. The van der Waals surface area contributed by atoms with Gasteiger partial charge < -0.3 is 4.90 Å². The molecule has 0 N–H and O–H groups in total. The number of anilines is 2. The summed E-state index contributed by atoms with van der Waals surface area (Å²) in [5.41, 5.74) is 6.92. The molecule has 0 atom stereocenters. The normalized spacial score (nSPS) is 14.2. The fourth-order valence-corrected chi connectivity index (χ4v) is 4.89. The predicted molar refractivity (Wildman–Crippen MR) is 114 cm³/mol. The molecule has 1 aliphatic rings. The first-order valence-electron chi connectivity index (χ1n) is 9.82. The van der Waals surface area contributed by atoms with Gasteiger partial charge in [0.1, 0.15) is 0 Å². The number of benzene rings is 1. The van der Waals surface area contributed by atoms with E-state index in [1.54, 1.807) is 0 Å². The molecular formula is C21H26BrN5. The van der Waals surface area contributed by atoms with E-state index in [0.29, 0.717) is 6.04 Å². The number of aryl methyl sites for hydroxylation is 3. The Kier molecular flexibility index (Phi) is 4.93. The van der Waals surface area contributed by atoms with Crippen molar-refractivity contribution in [2.45, 2.75) is 59.4 Å². The smallest absolute Gasteiger partial charge is 0.163 e. The van der Waals surface area contributed by atoms with Gasteiger partial charge in [0.05, 0.1) is 11.6 Å². The molecule has 0 spiro atoms. The van der Waals surface area contributed by atoms with Crippen LogP contribution >= 0.6 is 15.9 Å². The lowest BCUT2D eigenvalue weighted by Crippen LogP contribution is -2.26. The zero-order chi connectivity index (χ0) is 19.1. The van der Waals surface area contributed by atoms with Crippen molar-refractivity contribution >= 4 is 38.5 Å². The number of nitrogens with zero attached hydrogens (tertiary/aromatic N) is 5. The van der Waals surface area contributed by atoms with E-state index in [0.717, 1.165) is 59.2 Å². The molecule has 4 rings (SSSR count). The Labute approximate surface area is 168 Å². The maximum atomic E-state index is 4.91. The summed E-state index contributed by atoms with van der Waals surface area (Å²) in [5, 5.41) is 9.09. The van der Waals surface area contributed by atoms with E-state index < -0.39 is 0 Å². The molecule has 27 heavy (non-hydrogen) atoms. The minimum atomic E-state index is 0.371. The molecule has 6 heteroatoms. The van der Waals surface area contributed by atoms with Gasteiger partial charge in [0.15, 0.2) is 11.3 Å². The number of hydrogen-bond acceptors (Lipinski definition) is 4. The highest BCUT2D eigenvalue weighted by molar-refractivity contribution is 9.10. The summed E-state index contributed by atoms with van der Waals surface area (Å²) >= 11 is 3.64. The topological polar surface area (TPSA) is 46.8 Å². The SMILES string of the molecule is CCC(CC)n1nnc2c(N3CCCc4cc(Br)cc(C)c43)nc(C)cc21. The highest BCUT2D eigenvalue weighted by Crippen LogP contribution is 2.39. The zero-order valence-corrected chi connectivity index (χ0v) is 18.0. The van der Waals surface area contributed by atoms with Crippen molar-refractivity contribution in [1.29, 1.82) is 0 Å². The molecule has 142 valence electrons. The third-order valence-electron chi connectivity index (χ3n) is 5.56. The molecule has 5 nitrogen and oxygen atoms in total. The minimum absolute atomic E-state index is 0.371. The van der Waals surface area contributed by atoms with Crippen LogP contribution in [0, 0.1) is 13.8 Å². The molecule has 3 aromatic rings. The van der Waals surface area contributed by atoms with E-state index in [4.69, 9.17) is 4.98 Å². The molecule has 0 unspecified atom stereocenters. The van der Waals surface area contributed by atoms with Crippen molar-refractivity contribution in [2.75, 3.05) is 11.4 Å². The van der Waals surface area contributed by atoms with Gasteiger partial charge in [-0.25, -0.2) is 9.67 Å². The maximum absolute atomic E-state index is 4.91. The Bertz CT molecular complexity index is 990. The summed E-state index contributed by atoms with van der Waals surface area (Å²) in [6.07, 6.45) is 4.30. The van der Waals surface area contributed by atoms with E-state index in [1.807, 2.05) is 0 Å². The molecule has 0 saturated carbocycles. The second-order valence-electron chi connectivity index (χ2n) is 7.44. The average Bonchev–Trinajstić information content (AvgIpc) is 3.05. The second-order valence-corrected chi connectivity index (χ2v) is 8.36. The number of hydrogen-bond donors (Lipinski definition) is 0. The third-order valence-corrected chi connectivity index (χ3v) is 6.01. The molecular weight excluding hydrogens is 402 g/mol. The number of aromatic nitrogens is 4. The number of fused-ring (bicyclic) bond motifs is 2. The largest absolute Gasteiger partial charge is 0.324 e. The van der Waals surface area contributed by atoms with Crippen molar-refractivity contribution < 1.29 is 0 Å². The summed E-state index contributed by atoms with van der Waals surface area (Å²) in [7, 11) is 0. The van der Waals surface area contributed by atoms with Crippen molar-refractivity contribution in [2.24, 2.45) is 0 Å². The van der Waals surface area contributed by atoms with Gasteiger partial charge in [0.25, 0.3) is 0 Å². The Hall–Kier alpha value is -1.95. The van der Waals surface area contributed by atoms with Crippen molar-refractivity contribution in [3.63, 3.8) is 0 Å². The Morgan fingerprint density at radius 1 is 1.15 bits per heavy atom. The third kappa shape index (κ3) is 3.14. The van der Waals surface area contributed by atoms with Gasteiger partial charge in [-0.1, -0.05) is 35.0 Å². The summed E-state index contributed by atoms with van der Waals surface area (Å²) in [5.74, 6) is 0.938. The van der Waals surface area contributed by atoms with Gasteiger partial charge in [-0.2, -0.15) is 0 Å². The van der Waals surface area contributed by atoms with E-state index >= 15 is 0 Å². The maximum Gasteiger partial charge on any atom is 0.163 e. The van der Waals surface area contributed by atoms with E-state index in [1.165, 1.54) is 16.8 Å². The quantitative estimate of drug-likeness (QED) is 0.539. The Morgan fingerprint density at radius 2 is 1.93 bits per heavy atom. The highest BCUT2D eigenvalue weighted by atomic mass is 79.9. The lowest BCUT2D eigenvalue weighted by molar-refractivity contribution is 0.430. The monoisotopic (exact) mass is 427 g/mol. The lowest BCUT2D eigenvalue weighted by Gasteiger charge is -2.32. The van der Waals surface area contributed by atoms with Crippen LogP contribution in [0.4, 0.5) is 11.5 Å². The standard InChI is InChI=1S/C21H26BrN5/c1-5-17(6-2)27-18-11-14(4)23-21(19(18)24-25-27)26-9-7-8-15-12-16(22)10-13(3)20(15)26/h10-12,17H,5-9H2,1-4H3. The van der Waals surface area contributed by atoms with E-state index in [2.05, 4.69) is 81.7 Å². The van der Waals surface area contributed by atoms with Crippen molar-refractivity contribution in [3.8, 4) is 0 Å². The summed E-state index contributed by atoms with van der Waals surface area (Å²) in [6.45, 7) is 9.61. The molecule has 1 aromatic carbocycles. The zero-order valence-electron chi connectivity index (χ0n) is 16.5. The molecule has 3 heterocycles. The van der Waals surface area contributed by atoms with Crippen LogP contribution < -0.4 is 4.90 Å². The summed E-state index contributed by atoms with van der Waals surface area (Å²) in [4.78, 5) is 7.26. The first-order chi connectivity index (χ1) is 13.0. The fourth-order valence-electron chi connectivity index (χ4n) is 4.27. The van der Waals surface area contributed by atoms with E-state index in [-0.39, 0.29) is 0 Å². The van der Waals surface area contributed by atoms with Gasteiger partial charge in [-0.3, -0.25) is 0 Å². The summed E-state index contributed by atoms with van der Waals surface area (Å²) in [6, 6.07) is 6.92. The van der Waals surface area contributed by atoms with Gasteiger partial charge in [0, 0.05) is 22.4 Å². The van der Waals surface area contributed by atoms with Crippen molar-refractivity contribution in [3.05, 3.63) is 39.5 Å². The Balaban J connectivity index is 1.92. The van der Waals surface area contributed by atoms with Crippen LogP contribution in [0.3, 0.4) is 0 Å². The molecule has 0 radical (unpaired) electrons. The second kappa shape index (κ2) is 7.23. The average molecular weight is 428 g/mol. The van der Waals surface area contributed by atoms with Crippen LogP contribution in [0.5, 0.6) is 0 Å². The molecule has 0 bridgehead atoms. The first kappa shape index (κ1) is 18.4. The molecule has 0 aliphatic carbocycles. The van der Waals surface area contributed by atoms with Crippen LogP contribution in [0.25, 0.3) is 11.0 Å². The van der Waals surface area contributed by atoms with Gasteiger partial charge >= 0.3 is 0 Å². The Morgan fingerprint density at radius 3 is 2.67 bits per heavy atom. The summed E-state index contributed by atoms with van der Waals surface area (Å²) < 4.78 is 3.23. The van der Waals surface area contributed by atoms with Crippen LogP contribution in [0.2, 0.25) is 0 Å². The van der Waals surface area contributed by atoms with Crippen molar-refractivity contribution in [1.82, 2.24) is 20.0 Å². The van der Waals surface area contributed by atoms with Crippen LogP contribution in [-0.2, 0) is 6.42 Å². The van der Waals surface area contributed by atoms with Gasteiger partial charge in [0.2, 0.25) is 0 Å². The molecule has 1 aliphatic heterocycles. The lowest BCUT2D eigenvalue weighted by atomic mass is 9.98.